The SMILES string of the molecule is Cc1ccccc1OC[C@H](C)NC(=O)C1CCN(S(C)(=O)=O)CC1. The minimum absolute atomic E-state index is 0.0240. The highest BCUT2D eigenvalue weighted by Gasteiger charge is 2.29. The third-order valence-electron chi connectivity index (χ3n) is 4.26. The molecule has 0 aromatic heterocycles. The smallest absolute Gasteiger partial charge is 0.223 e. The lowest BCUT2D eigenvalue weighted by molar-refractivity contribution is -0.126. The molecule has 1 fully saturated rings. The Hall–Kier alpha value is -1.60. The van der Waals surface area contributed by atoms with Gasteiger partial charge in [0.25, 0.3) is 0 Å². The first-order chi connectivity index (χ1) is 11.3. The van der Waals surface area contributed by atoms with Crippen LogP contribution >= 0.6 is 0 Å². The minimum Gasteiger partial charge on any atom is -0.491 e. The number of para-hydroxylation sites is 1. The van der Waals surface area contributed by atoms with Crippen LogP contribution in [0, 0.1) is 12.8 Å². The van der Waals surface area contributed by atoms with Gasteiger partial charge in [-0.15, -0.1) is 0 Å². The van der Waals surface area contributed by atoms with Crippen molar-refractivity contribution in [2.45, 2.75) is 32.7 Å². The summed E-state index contributed by atoms with van der Waals surface area (Å²) >= 11 is 0. The Kier molecular flexibility index (Phi) is 6.23. The number of nitrogens with zero attached hydrogens (tertiary/aromatic N) is 1. The molecule has 1 aliphatic heterocycles. The number of benzene rings is 1. The fourth-order valence-corrected chi connectivity index (χ4v) is 3.66. The number of hydrogen-bond acceptors (Lipinski definition) is 4. The van der Waals surface area contributed by atoms with Crippen LogP contribution in [0.2, 0.25) is 0 Å². The van der Waals surface area contributed by atoms with E-state index in [2.05, 4.69) is 5.32 Å². The monoisotopic (exact) mass is 354 g/mol. The van der Waals surface area contributed by atoms with Crippen LogP contribution in [0.1, 0.15) is 25.3 Å². The molecule has 0 saturated carbocycles. The van der Waals surface area contributed by atoms with E-state index in [1.165, 1.54) is 10.6 Å². The lowest BCUT2D eigenvalue weighted by atomic mass is 9.97. The Morgan fingerprint density at radius 2 is 1.96 bits per heavy atom. The van der Waals surface area contributed by atoms with Crippen LogP contribution < -0.4 is 10.1 Å². The number of piperidine rings is 1. The maximum atomic E-state index is 12.3. The number of hydrogen-bond donors (Lipinski definition) is 1. The van der Waals surface area contributed by atoms with E-state index in [-0.39, 0.29) is 17.9 Å². The minimum atomic E-state index is -3.16. The van der Waals surface area contributed by atoms with Crippen molar-refractivity contribution in [2.24, 2.45) is 5.92 Å². The molecule has 7 heteroatoms. The second-order valence-corrected chi connectivity index (χ2v) is 8.40. The maximum Gasteiger partial charge on any atom is 0.223 e. The van der Waals surface area contributed by atoms with E-state index in [1.807, 2.05) is 38.1 Å². The van der Waals surface area contributed by atoms with Crippen LogP contribution in [0.5, 0.6) is 5.75 Å². The van der Waals surface area contributed by atoms with Gasteiger partial charge in [0.2, 0.25) is 15.9 Å². The maximum absolute atomic E-state index is 12.3. The van der Waals surface area contributed by atoms with Crippen molar-refractivity contribution in [3.05, 3.63) is 29.8 Å². The Morgan fingerprint density at radius 1 is 1.33 bits per heavy atom. The number of carbonyl (C=O) groups is 1. The highest BCUT2D eigenvalue weighted by Crippen LogP contribution is 2.20. The quantitative estimate of drug-likeness (QED) is 0.841. The number of aryl methyl sites for hydroxylation is 1. The fraction of sp³-hybridized carbons (Fsp3) is 0.588. The number of nitrogens with one attached hydrogen (secondary N) is 1. The Labute approximate surface area is 144 Å². The first-order valence-electron chi connectivity index (χ1n) is 8.21. The number of rotatable bonds is 6. The summed E-state index contributed by atoms with van der Waals surface area (Å²) in [6.45, 7) is 5.10. The van der Waals surface area contributed by atoms with Gasteiger partial charge in [0, 0.05) is 19.0 Å². The molecular weight excluding hydrogens is 328 g/mol. The topological polar surface area (TPSA) is 75.7 Å². The average molecular weight is 354 g/mol. The standard InChI is InChI=1S/C17H26N2O4S/c1-13-6-4-5-7-16(13)23-12-14(2)18-17(20)15-8-10-19(11-9-15)24(3,21)22/h4-7,14-15H,8-12H2,1-3H3,(H,18,20)/t14-/m0/s1. The van der Waals surface area contributed by atoms with Crippen LogP contribution in [0.15, 0.2) is 24.3 Å². The fourth-order valence-electron chi connectivity index (χ4n) is 2.79. The summed E-state index contributed by atoms with van der Waals surface area (Å²) in [6, 6.07) is 7.65. The largest absolute Gasteiger partial charge is 0.491 e. The van der Waals surface area contributed by atoms with Gasteiger partial charge in [-0.1, -0.05) is 18.2 Å². The van der Waals surface area contributed by atoms with Crippen LogP contribution in [-0.2, 0) is 14.8 Å². The van der Waals surface area contributed by atoms with Crippen LogP contribution in [-0.4, -0.2) is 50.6 Å². The number of carbonyl (C=O) groups excluding carboxylic acids is 1. The van der Waals surface area contributed by atoms with E-state index in [0.717, 1.165) is 11.3 Å². The first kappa shape index (κ1) is 18.7. The molecule has 1 aromatic carbocycles. The lowest BCUT2D eigenvalue weighted by Gasteiger charge is -2.30. The van der Waals surface area contributed by atoms with Gasteiger partial charge in [-0.25, -0.2) is 12.7 Å². The second-order valence-electron chi connectivity index (χ2n) is 6.42. The number of ether oxygens (including phenoxy) is 1. The van der Waals surface area contributed by atoms with Gasteiger partial charge >= 0.3 is 0 Å². The number of amides is 1. The zero-order valence-corrected chi connectivity index (χ0v) is 15.3. The van der Waals surface area contributed by atoms with Gasteiger partial charge in [0.15, 0.2) is 0 Å². The van der Waals surface area contributed by atoms with Crippen molar-refractivity contribution in [3.8, 4) is 5.75 Å². The molecule has 0 radical (unpaired) electrons. The molecule has 1 saturated heterocycles. The summed E-state index contributed by atoms with van der Waals surface area (Å²) in [5.41, 5.74) is 1.06. The molecule has 1 heterocycles. The molecule has 2 rings (SSSR count). The molecule has 1 amide bonds. The van der Waals surface area contributed by atoms with Crippen molar-refractivity contribution in [3.63, 3.8) is 0 Å². The Morgan fingerprint density at radius 3 is 2.54 bits per heavy atom. The van der Waals surface area contributed by atoms with E-state index >= 15 is 0 Å². The molecule has 134 valence electrons. The van der Waals surface area contributed by atoms with Crippen molar-refractivity contribution in [2.75, 3.05) is 26.0 Å². The summed E-state index contributed by atoms with van der Waals surface area (Å²) in [4.78, 5) is 12.3. The van der Waals surface area contributed by atoms with Gasteiger partial charge in [-0.2, -0.15) is 0 Å². The van der Waals surface area contributed by atoms with Gasteiger partial charge in [0.05, 0.1) is 12.3 Å². The van der Waals surface area contributed by atoms with Crippen molar-refractivity contribution >= 4 is 15.9 Å². The summed E-state index contributed by atoms with van der Waals surface area (Å²) in [5.74, 6) is 0.660. The molecule has 24 heavy (non-hydrogen) atoms. The van der Waals surface area contributed by atoms with Crippen LogP contribution in [0.25, 0.3) is 0 Å². The highest BCUT2D eigenvalue weighted by atomic mass is 32.2. The molecule has 0 bridgehead atoms. The first-order valence-corrected chi connectivity index (χ1v) is 10.1. The van der Waals surface area contributed by atoms with Gasteiger partial charge in [0.1, 0.15) is 12.4 Å². The summed E-state index contributed by atoms with van der Waals surface area (Å²) in [5, 5.41) is 2.96. The lowest BCUT2D eigenvalue weighted by Crippen LogP contribution is -2.45. The number of sulfonamides is 1. The molecule has 0 spiro atoms. The molecule has 1 aromatic rings. The molecule has 1 atom stereocenters. The Bertz CT molecular complexity index is 667. The van der Waals surface area contributed by atoms with Crippen molar-refractivity contribution < 1.29 is 17.9 Å². The molecule has 0 unspecified atom stereocenters. The summed E-state index contributed by atoms with van der Waals surface area (Å²) in [6.07, 6.45) is 2.33. The average Bonchev–Trinajstić information content (AvgIpc) is 2.53. The third kappa shape index (κ3) is 5.21. The third-order valence-corrected chi connectivity index (χ3v) is 5.57. The molecular formula is C17H26N2O4S. The van der Waals surface area contributed by atoms with Crippen LogP contribution in [0.3, 0.4) is 0 Å². The molecule has 0 aliphatic carbocycles. The zero-order chi connectivity index (χ0) is 17.7. The van der Waals surface area contributed by atoms with E-state index < -0.39 is 10.0 Å². The van der Waals surface area contributed by atoms with Gasteiger partial charge in [-0.3, -0.25) is 4.79 Å². The summed E-state index contributed by atoms with van der Waals surface area (Å²) in [7, 11) is -3.16. The predicted molar refractivity (Wildman–Crippen MR) is 93.4 cm³/mol. The van der Waals surface area contributed by atoms with Gasteiger partial charge < -0.3 is 10.1 Å². The molecule has 6 nitrogen and oxygen atoms in total. The molecule has 1 N–H and O–H groups in total. The van der Waals surface area contributed by atoms with E-state index in [1.54, 1.807) is 0 Å². The van der Waals surface area contributed by atoms with Gasteiger partial charge in [-0.05, 0) is 38.3 Å². The zero-order valence-electron chi connectivity index (χ0n) is 14.5. The summed E-state index contributed by atoms with van der Waals surface area (Å²) < 4.78 is 30.2. The molecule has 1 aliphatic rings. The highest BCUT2D eigenvalue weighted by molar-refractivity contribution is 7.88. The van der Waals surface area contributed by atoms with E-state index in [9.17, 15) is 13.2 Å². The second kappa shape index (κ2) is 7.98. The van der Waals surface area contributed by atoms with E-state index in [4.69, 9.17) is 4.74 Å². The van der Waals surface area contributed by atoms with Crippen molar-refractivity contribution in [1.82, 2.24) is 9.62 Å². The van der Waals surface area contributed by atoms with Crippen molar-refractivity contribution in [1.29, 1.82) is 0 Å². The predicted octanol–water partition coefficient (Wildman–Crippen LogP) is 1.55. The van der Waals surface area contributed by atoms with E-state index in [0.29, 0.717) is 32.5 Å². The Balaban J connectivity index is 1.77. The normalized spacial score (nSPS) is 18.1. The van der Waals surface area contributed by atoms with Crippen LogP contribution in [0.4, 0.5) is 0 Å².